The van der Waals surface area contributed by atoms with Crippen molar-refractivity contribution in [3.63, 3.8) is 0 Å². The number of fused-ring (bicyclic) bond motifs is 1. The van der Waals surface area contributed by atoms with E-state index < -0.39 is 61.2 Å². The number of aliphatic carboxylic acids is 1. The van der Waals surface area contributed by atoms with E-state index >= 15 is 0 Å². The summed E-state index contributed by atoms with van der Waals surface area (Å²) >= 11 is 0. The number of carbonyl (C=O) groups is 5. The molecule has 1 aromatic carbocycles. The molecule has 0 saturated carbocycles. The lowest BCUT2D eigenvalue weighted by Crippen LogP contribution is -2.52. The monoisotopic (exact) mass is 432 g/mol. The number of nitrogens with two attached hydrogens (primary N) is 2. The largest absolute Gasteiger partial charge is 0.481 e. The van der Waals surface area contributed by atoms with E-state index in [1.54, 1.807) is 6.20 Å². The number of amides is 4. The molecule has 0 aliphatic carbocycles. The van der Waals surface area contributed by atoms with Crippen LogP contribution in [-0.4, -0.2) is 64.9 Å². The van der Waals surface area contributed by atoms with Crippen LogP contribution in [0.2, 0.25) is 0 Å². The van der Waals surface area contributed by atoms with Gasteiger partial charge < -0.3 is 37.5 Å². The highest BCUT2D eigenvalue weighted by molar-refractivity contribution is 5.94. The normalized spacial score (nSPS) is 12.5. The van der Waals surface area contributed by atoms with Gasteiger partial charge in [0.1, 0.15) is 6.04 Å². The lowest BCUT2D eigenvalue weighted by molar-refractivity contribution is -0.140. The van der Waals surface area contributed by atoms with Crippen molar-refractivity contribution in [3.8, 4) is 0 Å². The maximum absolute atomic E-state index is 12.2. The quantitative estimate of drug-likeness (QED) is 0.206. The molecular formula is C19H24N6O6. The molecule has 166 valence electrons. The van der Waals surface area contributed by atoms with E-state index in [0.29, 0.717) is 0 Å². The van der Waals surface area contributed by atoms with Crippen molar-refractivity contribution < 1.29 is 29.1 Å². The Labute approximate surface area is 176 Å². The third kappa shape index (κ3) is 7.12. The van der Waals surface area contributed by atoms with Crippen molar-refractivity contribution in [2.24, 2.45) is 11.5 Å². The van der Waals surface area contributed by atoms with E-state index in [1.165, 1.54) is 0 Å². The third-order valence-corrected chi connectivity index (χ3v) is 4.34. The number of primary amides is 1. The Bertz CT molecular complexity index is 987. The average Bonchev–Trinajstić information content (AvgIpc) is 3.12. The fourth-order valence-corrected chi connectivity index (χ4v) is 2.86. The Balaban J connectivity index is 1.87. The number of H-pyrrole nitrogens is 1. The van der Waals surface area contributed by atoms with Crippen molar-refractivity contribution in [1.29, 1.82) is 0 Å². The smallest absolute Gasteiger partial charge is 0.305 e. The summed E-state index contributed by atoms with van der Waals surface area (Å²) in [7, 11) is 0. The molecule has 9 N–H and O–H groups in total. The molecule has 31 heavy (non-hydrogen) atoms. The second-order valence-electron chi connectivity index (χ2n) is 6.79. The van der Waals surface area contributed by atoms with Crippen LogP contribution in [0, 0.1) is 0 Å². The Kier molecular flexibility index (Phi) is 8.09. The van der Waals surface area contributed by atoms with Crippen LogP contribution in [0.15, 0.2) is 30.5 Å². The van der Waals surface area contributed by atoms with Crippen LogP contribution < -0.4 is 27.4 Å². The van der Waals surface area contributed by atoms with Gasteiger partial charge in [-0.15, -0.1) is 0 Å². The molecule has 1 heterocycles. The van der Waals surface area contributed by atoms with Gasteiger partial charge in [0.25, 0.3) is 0 Å². The van der Waals surface area contributed by atoms with Crippen LogP contribution in [-0.2, 0) is 30.4 Å². The van der Waals surface area contributed by atoms with E-state index in [1.807, 2.05) is 24.3 Å². The second kappa shape index (κ2) is 10.7. The number of para-hydroxylation sites is 1. The predicted molar refractivity (Wildman–Crippen MR) is 109 cm³/mol. The molecular weight excluding hydrogens is 408 g/mol. The number of hydrogen-bond acceptors (Lipinski definition) is 6. The first-order valence-corrected chi connectivity index (χ1v) is 9.32. The Morgan fingerprint density at radius 3 is 2.39 bits per heavy atom. The number of rotatable bonds is 11. The third-order valence-electron chi connectivity index (χ3n) is 4.34. The molecule has 0 saturated heterocycles. The number of nitrogens with one attached hydrogen (secondary N) is 4. The molecule has 4 amide bonds. The first kappa shape index (κ1) is 23.3. The number of aromatic amines is 1. The van der Waals surface area contributed by atoms with E-state index in [2.05, 4.69) is 20.9 Å². The maximum Gasteiger partial charge on any atom is 0.305 e. The Morgan fingerprint density at radius 1 is 1.03 bits per heavy atom. The summed E-state index contributed by atoms with van der Waals surface area (Å²) in [6.45, 7) is -1.02. The summed E-state index contributed by atoms with van der Waals surface area (Å²) in [4.78, 5) is 61.0. The standard InChI is InChI=1S/C19H24N6O6/c20-12(5-10-7-22-13-4-2-1-3-11(10)13)18(30)24-9-16(27)25-14(6-17(28)29)19(31)23-8-15(21)26/h1-4,7,12,14,22H,5-6,8-9,20H2,(H2,21,26)(H,23,31)(H,24,30)(H,25,27)(H,28,29)/t12-,14-/m0/s1. The highest BCUT2D eigenvalue weighted by Crippen LogP contribution is 2.18. The molecule has 0 fully saturated rings. The summed E-state index contributed by atoms with van der Waals surface area (Å²) in [5.41, 5.74) is 12.6. The molecule has 0 aliphatic rings. The number of aromatic nitrogens is 1. The van der Waals surface area contributed by atoms with E-state index in [4.69, 9.17) is 16.6 Å². The Morgan fingerprint density at radius 2 is 1.71 bits per heavy atom. The zero-order chi connectivity index (χ0) is 23.0. The molecule has 0 unspecified atom stereocenters. The molecule has 0 aliphatic heterocycles. The topological polar surface area (TPSA) is 210 Å². The van der Waals surface area contributed by atoms with Crippen LogP contribution in [0.1, 0.15) is 12.0 Å². The highest BCUT2D eigenvalue weighted by Gasteiger charge is 2.24. The number of hydrogen-bond donors (Lipinski definition) is 7. The van der Waals surface area contributed by atoms with Gasteiger partial charge in [0.2, 0.25) is 23.6 Å². The first-order valence-electron chi connectivity index (χ1n) is 9.32. The minimum atomic E-state index is -1.44. The van der Waals surface area contributed by atoms with E-state index in [9.17, 15) is 24.0 Å². The van der Waals surface area contributed by atoms with Crippen molar-refractivity contribution in [2.75, 3.05) is 13.1 Å². The predicted octanol–water partition coefficient (Wildman–Crippen LogP) is -2.29. The molecule has 2 rings (SSSR count). The SMILES string of the molecule is NC(=O)CNC(=O)[C@H](CC(=O)O)NC(=O)CNC(=O)[C@@H](N)Cc1c[nH]c2ccccc12. The van der Waals surface area contributed by atoms with E-state index in [0.717, 1.165) is 16.5 Å². The van der Waals surface area contributed by atoms with Gasteiger partial charge in [0.15, 0.2) is 0 Å². The summed E-state index contributed by atoms with van der Waals surface area (Å²) in [6, 6.07) is 5.15. The van der Waals surface area contributed by atoms with Crippen LogP contribution in [0.25, 0.3) is 10.9 Å². The van der Waals surface area contributed by atoms with Gasteiger partial charge >= 0.3 is 5.97 Å². The molecule has 2 atom stereocenters. The lowest BCUT2D eigenvalue weighted by atomic mass is 10.1. The zero-order valence-corrected chi connectivity index (χ0v) is 16.5. The van der Waals surface area contributed by atoms with Gasteiger partial charge in [-0.3, -0.25) is 24.0 Å². The fraction of sp³-hybridized carbons (Fsp3) is 0.316. The van der Waals surface area contributed by atoms with Crippen molar-refractivity contribution >= 4 is 40.5 Å². The first-order chi connectivity index (χ1) is 14.7. The van der Waals surface area contributed by atoms with Crippen molar-refractivity contribution in [2.45, 2.75) is 24.9 Å². The summed E-state index contributed by atoms with van der Waals surface area (Å²) < 4.78 is 0. The average molecular weight is 432 g/mol. The summed E-state index contributed by atoms with van der Waals surface area (Å²) in [5, 5.41) is 16.5. The fourth-order valence-electron chi connectivity index (χ4n) is 2.86. The van der Waals surface area contributed by atoms with Crippen LogP contribution in [0.4, 0.5) is 0 Å². The second-order valence-corrected chi connectivity index (χ2v) is 6.79. The van der Waals surface area contributed by atoms with Gasteiger partial charge in [0, 0.05) is 17.1 Å². The number of carboxylic acids is 1. The minimum Gasteiger partial charge on any atom is -0.481 e. The van der Waals surface area contributed by atoms with Gasteiger partial charge in [-0.1, -0.05) is 18.2 Å². The maximum atomic E-state index is 12.2. The van der Waals surface area contributed by atoms with Crippen LogP contribution >= 0.6 is 0 Å². The van der Waals surface area contributed by atoms with Crippen molar-refractivity contribution in [3.05, 3.63) is 36.0 Å². The van der Waals surface area contributed by atoms with Gasteiger partial charge in [-0.2, -0.15) is 0 Å². The van der Waals surface area contributed by atoms with E-state index in [-0.39, 0.29) is 6.42 Å². The Hall–Kier alpha value is -3.93. The van der Waals surface area contributed by atoms with Gasteiger partial charge in [0.05, 0.1) is 25.6 Å². The zero-order valence-electron chi connectivity index (χ0n) is 16.5. The summed E-state index contributed by atoms with van der Waals surface area (Å²) in [6.07, 6.45) is 1.27. The number of carbonyl (C=O) groups excluding carboxylic acids is 4. The van der Waals surface area contributed by atoms with Gasteiger partial charge in [-0.25, -0.2) is 0 Å². The van der Waals surface area contributed by atoms with Gasteiger partial charge in [-0.05, 0) is 18.1 Å². The molecule has 12 heteroatoms. The minimum absolute atomic E-state index is 0.231. The summed E-state index contributed by atoms with van der Waals surface area (Å²) in [5.74, 6) is -4.45. The molecule has 0 bridgehead atoms. The van der Waals surface area contributed by atoms with Crippen LogP contribution in [0.5, 0.6) is 0 Å². The molecule has 0 radical (unpaired) electrons. The van der Waals surface area contributed by atoms with Crippen LogP contribution in [0.3, 0.4) is 0 Å². The molecule has 2 aromatic rings. The molecule has 1 aromatic heterocycles. The highest BCUT2D eigenvalue weighted by atomic mass is 16.4. The lowest BCUT2D eigenvalue weighted by Gasteiger charge is -2.17. The number of carboxylic acid groups (broad SMARTS) is 1. The van der Waals surface area contributed by atoms with Crippen molar-refractivity contribution in [1.82, 2.24) is 20.9 Å². The molecule has 12 nitrogen and oxygen atoms in total. The molecule has 0 spiro atoms. The number of benzene rings is 1.